The van der Waals surface area contributed by atoms with Gasteiger partial charge in [0.15, 0.2) is 0 Å². The summed E-state index contributed by atoms with van der Waals surface area (Å²) in [4.78, 5) is 12.0. The largest absolute Gasteiger partial charge is 0.352 e. The Hall–Kier alpha value is -0.920. The van der Waals surface area contributed by atoms with Crippen LogP contribution in [0, 0.1) is 12.8 Å². The molecule has 1 amide bonds. The number of rotatable bonds is 5. The molecule has 20 heavy (non-hydrogen) atoms. The molecule has 3 N–H and O–H groups in total. The molecule has 7 heteroatoms. The van der Waals surface area contributed by atoms with Crippen LogP contribution < -0.4 is 10.5 Å². The van der Waals surface area contributed by atoms with E-state index < -0.39 is 10.0 Å². The lowest BCUT2D eigenvalue weighted by molar-refractivity contribution is 0.0947. The van der Waals surface area contributed by atoms with Gasteiger partial charge in [-0.25, -0.2) is 13.6 Å². The first-order chi connectivity index (χ1) is 9.16. The van der Waals surface area contributed by atoms with Crippen LogP contribution in [0.5, 0.6) is 0 Å². The molecule has 1 aromatic rings. The number of hydrogen-bond acceptors (Lipinski definition) is 3. The smallest absolute Gasteiger partial charge is 0.251 e. The molecule has 0 spiro atoms. The highest BCUT2D eigenvalue weighted by Crippen LogP contribution is 2.26. The van der Waals surface area contributed by atoms with Gasteiger partial charge in [0.2, 0.25) is 10.0 Å². The average molecular weight is 363 g/mol. The molecule has 5 nitrogen and oxygen atoms in total. The normalized spacial score (nSPS) is 13.1. The fraction of sp³-hybridized carbons (Fsp3) is 0.462. The molecule has 0 aromatic heterocycles. The minimum Gasteiger partial charge on any atom is -0.352 e. The number of nitrogens with two attached hydrogens (primary N) is 1. The van der Waals surface area contributed by atoms with E-state index in [0.717, 1.165) is 6.42 Å². The molecule has 0 radical (unpaired) electrons. The maximum Gasteiger partial charge on any atom is 0.251 e. The zero-order valence-corrected chi connectivity index (χ0v) is 14.1. The van der Waals surface area contributed by atoms with Gasteiger partial charge >= 0.3 is 0 Å². The first kappa shape index (κ1) is 17.1. The predicted molar refractivity (Wildman–Crippen MR) is 82.0 cm³/mol. The fourth-order valence-electron chi connectivity index (χ4n) is 1.59. The van der Waals surface area contributed by atoms with Gasteiger partial charge in [-0.3, -0.25) is 4.79 Å². The molecule has 1 atom stereocenters. The second-order valence-electron chi connectivity index (χ2n) is 4.87. The molecule has 0 bridgehead atoms. The van der Waals surface area contributed by atoms with E-state index in [0.29, 0.717) is 22.5 Å². The van der Waals surface area contributed by atoms with E-state index in [1.54, 1.807) is 13.0 Å². The second-order valence-corrected chi connectivity index (χ2v) is 7.20. The maximum absolute atomic E-state index is 12.0. The van der Waals surface area contributed by atoms with Crippen LogP contribution in [0.3, 0.4) is 0 Å². The quantitative estimate of drug-likeness (QED) is 0.840. The van der Waals surface area contributed by atoms with Crippen molar-refractivity contribution in [2.45, 2.75) is 32.1 Å². The number of primary sulfonamides is 1. The highest BCUT2D eigenvalue weighted by molar-refractivity contribution is 9.10. The molecule has 0 aliphatic rings. The van der Waals surface area contributed by atoms with Crippen LogP contribution in [0.4, 0.5) is 0 Å². The van der Waals surface area contributed by atoms with Crippen LogP contribution in [-0.2, 0) is 10.0 Å². The number of nitrogens with one attached hydrogen (secondary N) is 1. The third-order valence-corrected chi connectivity index (χ3v) is 5.35. The Balaban J connectivity index is 3.09. The summed E-state index contributed by atoms with van der Waals surface area (Å²) < 4.78 is 23.4. The number of halogens is 1. The number of carbonyl (C=O) groups excluding carboxylic acids is 1. The van der Waals surface area contributed by atoms with Crippen molar-refractivity contribution in [3.05, 3.63) is 27.7 Å². The lowest BCUT2D eigenvalue weighted by atomic mass is 10.1. The van der Waals surface area contributed by atoms with Crippen LogP contribution in [0.2, 0.25) is 0 Å². The highest BCUT2D eigenvalue weighted by Gasteiger charge is 2.18. The minimum atomic E-state index is -3.87. The molecule has 0 aliphatic heterocycles. The second kappa shape index (κ2) is 6.69. The number of hydrogen-bond donors (Lipinski definition) is 2. The van der Waals surface area contributed by atoms with Gasteiger partial charge in [0.25, 0.3) is 5.91 Å². The molecule has 0 aliphatic carbocycles. The summed E-state index contributed by atoms with van der Waals surface area (Å²) in [5.74, 6) is 0.0685. The van der Waals surface area contributed by atoms with Gasteiger partial charge in [0, 0.05) is 16.6 Å². The van der Waals surface area contributed by atoms with Crippen LogP contribution in [0.25, 0.3) is 0 Å². The van der Waals surface area contributed by atoms with E-state index in [1.165, 1.54) is 6.07 Å². The zero-order chi connectivity index (χ0) is 15.5. The number of benzene rings is 1. The van der Waals surface area contributed by atoms with Gasteiger partial charge < -0.3 is 5.32 Å². The molecule has 112 valence electrons. The van der Waals surface area contributed by atoms with Crippen LogP contribution in [-0.4, -0.2) is 20.9 Å². The molecule has 1 rings (SSSR count). The van der Waals surface area contributed by atoms with Gasteiger partial charge in [-0.05, 0) is 46.5 Å². The Morgan fingerprint density at radius 2 is 2.05 bits per heavy atom. The van der Waals surface area contributed by atoms with Crippen molar-refractivity contribution in [1.29, 1.82) is 0 Å². The van der Waals surface area contributed by atoms with E-state index in [9.17, 15) is 13.2 Å². The summed E-state index contributed by atoms with van der Waals surface area (Å²) in [5.41, 5.74) is 0.934. The first-order valence-electron chi connectivity index (χ1n) is 6.28. The lowest BCUT2D eigenvalue weighted by Gasteiger charge is -2.12. The zero-order valence-electron chi connectivity index (χ0n) is 11.7. The van der Waals surface area contributed by atoms with Crippen molar-refractivity contribution < 1.29 is 13.2 Å². The van der Waals surface area contributed by atoms with Gasteiger partial charge in [-0.15, -0.1) is 0 Å². The summed E-state index contributed by atoms with van der Waals surface area (Å²) in [7, 11) is -3.87. The number of amides is 1. The van der Waals surface area contributed by atoms with Crippen LogP contribution >= 0.6 is 15.9 Å². The Kier molecular flexibility index (Phi) is 5.73. The van der Waals surface area contributed by atoms with Crippen molar-refractivity contribution in [2.24, 2.45) is 11.1 Å². The Labute approximate surface area is 128 Å². The Morgan fingerprint density at radius 3 is 2.55 bits per heavy atom. The number of carbonyl (C=O) groups is 1. The Morgan fingerprint density at radius 1 is 1.45 bits per heavy atom. The van der Waals surface area contributed by atoms with Gasteiger partial charge in [-0.2, -0.15) is 0 Å². The third kappa shape index (κ3) is 4.29. The predicted octanol–water partition coefficient (Wildman–Crippen LogP) is 2.18. The van der Waals surface area contributed by atoms with Crippen molar-refractivity contribution in [3.8, 4) is 0 Å². The number of aryl methyl sites for hydroxylation is 1. The van der Waals surface area contributed by atoms with E-state index in [2.05, 4.69) is 21.2 Å². The lowest BCUT2D eigenvalue weighted by Crippen LogP contribution is -2.28. The topological polar surface area (TPSA) is 89.3 Å². The molecular weight excluding hydrogens is 344 g/mol. The van der Waals surface area contributed by atoms with Gasteiger partial charge in [-0.1, -0.05) is 20.3 Å². The minimum absolute atomic E-state index is 0.0776. The Bertz CT molecular complexity index is 614. The summed E-state index contributed by atoms with van der Waals surface area (Å²) in [6.45, 7) is 6.34. The van der Waals surface area contributed by atoms with Crippen molar-refractivity contribution >= 4 is 31.9 Å². The van der Waals surface area contributed by atoms with Crippen molar-refractivity contribution in [2.75, 3.05) is 6.54 Å². The monoisotopic (exact) mass is 362 g/mol. The molecule has 0 saturated heterocycles. The summed E-state index contributed by atoms with van der Waals surface area (Å²) in [5, 5.41) is 7.93. The maximum atomic E-state index is 12.0. The summed E-state index contributed by atoms with van der Waals surface area (Å²) >= 11 is 3.18. The van der Waals surface area contributed by atoms with Crippen molar-refractivity contribution in [3.63, 3.8) is 0 Å². The van der Waals surface area contributed by atoms with Crippen molar-refractivity contribution in [1.82, 2.24) is 5.32 Å². The SMILES string of the molecule is CCC(C)CNC(=O)c1cc(C)c(Br)c(S(N)(=O)=O)c1. The molecule has 0 heterocycles. The standard InChI is InChI=1S/C13H19BrN2O3S/c1-4-8(2)7-16-13(17)10-5-9(3)12(14)11(6-10)20(15,18)19/h5-6,8H,4,7H2,1-3H3,(H,16,17)(H2,15,18,19). The van der Waals surface area contributed by atoms with Gasteiger partial charge in [0.1, 0.15) is 0 Å². The molecular formula is C13H19BrN2O3S. The van der Waals surface area contributed by atoms with E-state index in [4.69, 9.17) is 5.14 Å². The average Bonchev–Trinajstić information content (AvgIpc) is 2.36. The molecule has 0 fully saturated rings. The van der Waals surface area contributed by atoms with E-state index in [1.807, 2.05) is 13.8 Å². The fourth-order valence-corrected chi connectivity index (χ4v) is 3.20. The number of sulfonamides is 1. The molecule has 1 unspecified atom stereocenters. The molecule has 0 saturated carbocycles. The van der Waals surface area contributed by atoms with E-state index >= 15 is 0 Å². The van der Waals surface area contributed by atoms with Gasteiger partial charge in [0.05, 0.1) is 4.90 Å². The van der Waals surface area contributed by atoms with Crippen LogP contribution in [0.1, 0.15) is 36.2 Å². The first-order valence-corrected chi connectivity index (χ1v) is 8.61. The molecule has 1 aromatic carbocycles. The summed E-state index contributed by atoms with van der Waals surface area (Å²) in [6.07, 6.45) is 0.960. The van der Waals surface area contributed by atoms with E-state index in [-0.39, 0.29) is 16.4 Å². The van der Waals surface area contributed by atoms with Crippen LogP contribution in [0.15, 0.2) is 21.5 Å². The third-order valence-electron chi connectivity index (χ3n) is 3.10. The highest BCUT2D eigenvalue weighted by atomic mass is 79.9. The summed E-state index contributed by atoms with van der Waals surface area (Å²) in [6, 6.07) is 2.92.